The molecule has 2 aromatic carbocycles. The number of rotatable bonds is 4. The molecule has 0 unspecified atom stereocenters. The van der Waals surface area contributed by atoms with E-state index in [0.717, 1.165) is 35.1 Å². The van der Waals surface area contributed by atoms with Crippen LogP contribution in [-0.2, 0) is 20.7 Å². The molecule has 31 heavy (non-hydrogen) atoms. The van der Waals surface area contributed by atoms with Crippen molar-refractivity contribution in [1.29, 1.82) is 0 Å². The van der Waals surface area contributed by atoms with Gasteiger partial charge in [-0.3, -0.25) is 0 Å². The Hall–Kier alpha value is -2.60. The minimum Gasteiger partial charge on any atom is -0.490 e. The molecule has 0 bridgehead atoms. The van der Waals surface area contributed by atoms with E-state index in [-0.39, 0.29) is 0 Å². The Balaban J connectivity index is 2.36. The fraction of sp³-hybridized carbons (Fsp3) is 0.480. The first-order chi connectivity index (χ1) is 14.5. The van der Waals surface area contributed by atoms with Crippen LogP contribution < -0.4 is 10.5 Å². The number of hydrogen-bond acceptors (Lipinski definition) is 5. The molecule has 2 N–H and O–H groups in total. The number of aryl methyl sites for hydroxylation is 1. The van der Waals surface area contributed by atoms with Crippen molar-refractivity contribution in [2.24, 2.45) is 0 Å². The molecule has 1 heterocycles. The van der Waals surface area contributed by atoms with Gasteiger partial charge >= 0.3 is 5.97 Å². The zero-order valence-corrected chi connectivity index (χ0v) is 19.4. The third-order valence-electron chi connectivity index (χ3n) is 5.73. The fourth-order valence-corrected chi connectivity index (χ4v) is 4.26. The molecule has 1 aliphatic rings. The van der Waals surface area contributed by atoms with Crippen molar-refractivity contribution in [3.05, 3.63) is 45.8 Å². The lowest BCUT2D eigenvalue weighted by Gasteiger charge is -2.31. The van der Waals surface area contributed by atoms with Gasteiger partial charge in [0.05, 0.1) is 19.3 Å². The fourth-order valence-electron chi connectivity index (χ4n) is 4.26. The zero-order valence-electron chi connectivity index (χ0n) is 19.4. The summed E-state index contributed by atoms with van der Waals surface area (Å²) in [5.74, 6) is -0.598. The Morgan fingerprint density at radius 2 is 1.87 bits per heavy atom. The lowest BCUT2D eigenvalue weighted by Crippen LogP contribution is -2.29. The highest BCUT2D eigenvalue weighted by atomic mass is 19.1. The molecule has 0 radical (unpaired) electrons. The Labute approximate surface area is 183 Å². The lowest BCUT2D eigenvalue weighted by atomic mass is 9.83. The summed E-state index contributed by atoms with van der Waals surface area (Å²) in [6.45, 7) is 11.9. The number of methoxy groups -OCH3 is 1. The van der Waals surface area contributed by atoms with Crippen LogP contribution in [0, 0.1) is 26.6 Å². The molecule has 0 saturated carbocycles. The molecule has 0 saturated heterocycles. The van der Waals surface area contributed by atoms with Crippen LogP contribution in [0.4, 0.5) is 10.1 Å². The molecule has 0 fully saturated rings. The van der Waals surface area contributed by atoms with Crippen LogP contribution in [0.3, 0.4) is 0 Å². The van der Waals surface area contributed by atoms with E-state index in [1.807, 2.05) is 47.6 Å². The first-order valence-corrected chi connectivity index (χ1v) is 10.6. The van der Waals surface area contributed by atoms with Gasteiger partial charge in [-0.15, -0.1) is 0 Å². The predicted molar refractivity (Wildman–Crippen MR) is 120 cm³/mol. The van der Waals surface area contributed by atoms with Crippen LogP contribution in [0.2, 0.25) is 0 Å². The van der Waals surface area contributed by atoms with Crippen LogP contribution in [0.1, 0.15) is 61.1 Å². The molecule has 0 aliphatic carbocycles. The predicted octanol–water partition coefficient (Wildman–Crippen LogP) is 5.35. The topological polar surface area (TPSA) is 70.8 Å². The second kappa shape index (κ2) is 8.50. The molecule has 5 nitrogen and oxygen atoms in total. The summed E-state index contributed by atoms with van der Waals surface area (Å²) >= 11 is 0. The Kier molecular flexibility index (Phi) is 6.33. The molecule has 1 atom stereocenters. The molecule has 1 aliphatic heterocycles. The number of carbonyl (C=O) groups is 1. The van der Waals surface area contributed by atoms with Gasteiger partial charge in [0.2, 0.25) is 0 Å². The minimum atomic E-state index is -1.00. The van der Waals surface area contributed by atoms with Crippen LogP contribution >= 0.6 is 0 Å². The van der Waals surface area contributed by atoms with Gasteiger partial charge in [-0.1, -0.05) is 0 Å². The largest absolute Gasteiger partial charge is 0.490 e. The smallest absolute Gasteiger partial charge is 0.339 e. The van der Waals surface area contributed by atoms with Gasteiger partial charge in [0.25, 0.3) is 0 Å². The highest BCUT2D eigenvalue weighted by molar-refractivity contribution is 5.87. The summed E-state index contributed by atoms with van der Waals surface area (Å²) in [6.07, 6.45) is 0.575. The standard InChI is InChI=1S/C25H32FNO4/c1-13-11-19(27)15(3)21(23(24(28)29-7)31-25(4,5)6)20(13)17-12-18(26)22-16(14(17)2)9-8-10-30-22/h11-12,23H,8-10,27H2,1-7H3/t23-/m0/s1. The Morgan fingerprint density at radius 1 is 1.19 bits per heavy atom. The number of hydrogen-bond donors (Lipinski definition) is 1. The molecule has 0 aromatic heterocycles. The first-order valence-electron chi connectivity index (χ1n) is 10.6. The number of carbonyl (C=O) groups excluding carboxylic acids is 1. The summed E-state index contributed by atoms with van der Waals surface area (Å²) in [6, 6.07) is 3.35. The molecule has 0 spiro atoms. The van der Waals surface area contributed by atoms with Crippen molar-refractivity contribution >= 4 is 11.7 Å². The maximum Gasteiger partial charge on any atom is 0.339 e. The number of halogens is 1. The minimum absolute atomic E-state index is 0.328. The first kappa shape index (κ1) is 23.1. The van der Waals surface area contributed by atoms with Crippen LogP contribution in [0.25, 0.3) is 11.1 Å². The zero-order chi connectivity index (χ0) is 23.1. The molecule has 0 amide bonds. The molecule has 6 heteroatoms. The highest BCUT2D eigenvalue weighted by Gasteiger charge is 2.34. The van der Waals surface area contributed by atoms with E-state index < -0.39 is 23.5 Å². The van der Waals surface area contributed by atoms with Crippen LogP contribution in [0.5, 0.6) is 5.75 Å². The number of fused-ring (bicyclic) bond motifs is 1. The molecular weight excluding hydrogens is 397 g/mol. The van der Waals surface area contributed by atoms with Gasteiger partial charge in [0.15, 0.2) is 17.7 Å². The second-order valence-electron chi connectivity index (χ2n) is 9.12. The van der Waals surface area contributed by atoms with Crippen molar-refractivity contribution in [2.45, 2.75) is 66.1 Å². The van der Waals surface area contributed by atoms with Crippen LogP contribution in [0.15, 0.2) is 12.1 Å². The van der Waals surface area contributed by atoms with Crippen molar-refractivity contribution in [3.63, 3.8) is 0 Å². The van der Waals surface area contributed by atoms with Crippen molar-refractivity contribution in [3.8, 4) is 16.9 Å². The summed E-state index contributed by atoms with van der Waals surface area (Å²) < 4.78 is 31.9. The van der Waals surface area contributed by atoms with Gasteiger partial charge in [-0.2, -0.15) is 0 Å². The number of nitrogen functional groups attached to an aromatic ring is 1. The van der Waals surface area contributed by atoms with Crippen molar-refractivity contribution in [2.75, 3.05) is 19.5 Å². The maximum absolute atomic E-state index is 15.1. The van der Waals surface area contributed by atoms with Gasteiger partial charge in [0.1, 0.15) is 0 Å². The number of benzene rings is 2. The third-order valence-corrected chi connectivity index (χ3v) is 5.73. The summed E-state index contributed by atoms with van der Waals surface area (Å²) in [7, 11) is 1.33. The number of nitrogens with two attached hydrogens (primary N) is 1. The van der Waals surface area contributed by atoms with Gasteiger partial charge in [0, 0.05) is 16.8 Å². The normalized spacial score (nSPS) is 14.6. The van der Waals surface area contributed by atoms with Gasteiger partial charge in [-0.05, 0) is 94.3 Å². The molecular formula is C25H32FNO4. The Bertz CT molecular complexity index is 1020. The average Bonchev–Trinajstić information content (AvgIpc) is 2.70. The van der Waals surface area contributed by atoms with E-state index >= 15 is 4.39 Å². The molecule has 168 valence electrons. The summed E-state index contributed by atoms with van der Waals surface area (Å²) in [5, 5.41) is 0. The highest BCUT2D eigenvalue weighted by Crippen LogP contribution is 2.44. The Morgan fingerprint density at radius 3 is 2.48 bits per heavy atom. The molecule has 3 rings (SSSR count). The van der Waals surface area contributed by atoms with E-state index in [4.69, 9.17) is 19.9 Å². The second-order valence-corrected chi connectivity index (χ2v) is 9.12. The van der Waals surface area contributed by atoms with E-state index in [0.29, 0.717) is 34.7 Å². The van der Waals surface area contributed by atoms with E-state index in [9.17, 15) is 4.79 Å². The van der Waals surface area contributed by atoms with E-state index in [1.165, 1.54) is 13.2 Å². The number of esters is 1. The van der Waals surface area contributed by atoms with E-state index in [1.54, 1.807) is 0 Å². The van der Waals surface area contributed by atoms with Gasteiger partial charge < -0.3 is 19.9 Å². The quantitative estimate of drug-likeness (QED) is 0.524. The maximum atomic E-state index is 15.1. The number of anilines is 1. The van der Waals surface area contributed by atoms with Crippen LogP contribution in [-0.4, -0.2) is 25.3 Å². The summed E-state index contributed by atoms with van der Waals surface area (Å²) in [5.41, 5.74) is 11.6. The lowest BCUT2D eigenvalue weighted by molar-refractivity contribution is -0.164. The number of ether oxygens (including phenoxy) is 3. The SMILES string of the molecule is COC(=O)[C@@H](OC(C)(C)C)c1c(C)c(N)cc(C)c1-c1cc(F)c2c(c1C)CCCO2. The van der Waals surface area contributed by atoms with Crippen molar-refractivity contribution in [1.82, 2.24) is 0 Å². The van der Waals surface area contributed by atoms with Crippen molar-refractivity contribution < 1.29 is 23.4 Å². The average molecular weight is 430 g/mol. The third kappa shape index (κ3) is 4.40. The van der Waals surface area contributed by atoms with E-state index in [2.05, 4.69) is 0 Å². The monoisotopic (exact) mass is 429 g/mol. The van der Waals surface area contributed by atoms with Gasteiger partial charge in [-0.25, -0.2) is 9.18 Å². The summed E-state index contributed by atoms with van der Waals surface area (Å²) in [4.78, 5) is 12.9. The molecule has 2 aromatic rings.